The quantitative estimate of drug-likeness (QED) is 0.844. The van der Waals surface area contributed by atoms with E-state index in [0.29, 0.717) is 18.9 Å². The zero-order chi connectivity index (χ0) is 15.1. The molecule has 1 aliphatic rings. The van der Waals surface area contributed by atoms with Crippen molar-refractivity contribution in [2.24, 2.45) is 5.92 Å². The van der Waals surface area contributed by atoms with Gasteiger partial charge in [-0.1, -0.05) is 12.1 Å². The van der Waals surface area contributed by atoms with Crippen LogP contribution in [0.5, 0.6) is 5.75 Å². The maximum atomic E-state index is 11.8. The van der Waals surface area contributed by atoms with Crippen LogP contribution in [0.1, 0.15) is 30.4 Å². The fourth-order valence-corrected chi connectivity index (χ4v) is 2.56. The van der Waals surface area contributed by atoms with Crippen LogP contribution in [0.25, 0.3) is 0 Å². The van der Waals surface area contributed by atoms with Crippen LogP contribution in [0.15, 0.2) is 18.2 Å². The minimum absolute atomic E-state index is 0.0749. The summed E-state index contributed by atoms with van der Waals surface area (Å²) in [5.74, 6) is 1.52. The fourth-order valence-electron chi connectivity index (χ4n) is 2.56. The van der Waals surface area contributed by atoms with Gasteiger partial charge in [-0.3, -0.25) is 4.79 Å². The third-order valence-electron chi connectivity index (χ3n) is 3.92. The molecule has 116 valence electrons. The summed E-state index contributed by atoms with van der Waals surface area (Å²) in [6.45, 7) is 7.38. The summed E-state index contributed by atoms with van der Waals surface area (Å²) >= 11 is 0. The molecule has 0 spiro atoms. The molecule has 1 fully saturated rings. The number of aryl methyl sites for hydroxylation is 2. The summed E-state index contributed by atoms with van der Waals surface area (Å²) in [6, 6.07) is 6.12. The van der Waals surface area contributed by atoms with Gasteiger partial charge >= 0.3 is 0 Å². The van der Waals surface area contributed by atoms with Crippen molar-refractivity contribution in [3.05, 3.63) is 29.3 Å². The average Bonchev–Trinajstić information content (AvgIpc) is 2.50. The van der Waals surface area contributed by atoms with Crippen LogP contribution < -0.4 is 15.4 Å². The molecule has 4 heteroatoms. The fraction of sp³-hybridized carbons (Fsp3) is 0.588. The van der Waals surface area contributed by atoms with E-state index < -0.39 is 0 Å². The van der Waals surface area contributed by atoms with Gasteiger partial charge in [-0.2, -0.15) is 0 Å². The first-order valence-corrected chi connectivity index (χ1v) is 7.82. The molecule has 1 aliphatic heterocycles. The molecule has 21 heavy (non-hydrogen) atoms. The van der Waals surface area contributed by atoms with Gasteiger partial charge in [0.1, 0.15) is 5.75 Å². The molecule has 2 rings (SSSR count). The number of benzene rings is 1. The van der Waals surface area contributed by atoms with Crippen molar-refractivity contribution in [3.63, 3.8) is 0 Å². The molecule has 2 N–H and O–H groups in total. The lowest BCUT2D eigenvalue weighted by Gasteiger charge is -2.22. The van der Waals surface area contributed by atoms with Crippen LogP contribution in [-0.4, -0.2) is 32.1 Å². The predicted molar refractivity (Wildman–Crippen MR) is 84.6 cm³/mol. The molecule has 4 nitrogen and oxygen atoms in total. The van der Waals surface area contributed by atoms with Gasteiger partial charge in [-0.15, -0.1) is 0 Å². The van der Waals surface area contributed by atoms with Gasteiger partial charge in [0.15, 0.2) is 0 Å². The Morgan fingerprint density at radius 2 is 2.29 bits per heavy atom. The van der Waals surface area contributed by atoms with Crippen LogP contribution in [0, 0.1) is 19.8 Å². The standard InChI is InChI=1S/C17H26N2O2/c1-13-5-6-14(2)16(10-13)21-9-7-17(20)19-12-15-4-3-8-18-11-15/h5-6,10,15,18H,3-4,7-9,11-12H2,1-2H3,(H,19,20). The first-order valence-electron chi connectivity index (χ1n) is 7.82. The predicted octanol–water partition coefficient (Wildman–Crippen LogP) is 2.19. The van der Waals surface area contributed by atoms with Crippen LogP contribution in [0.4, 0.5) is 0 Å². The highest BCUT2D eigenvalue weighted by Gasteiger charge is 2.13. The van der Waals surface area contributed by atoms with E-state index in [-0.39, 0.29) is 5.91 Å². The Bertz CT molecular complexity index is 468. The molecule has 0 aliphatic carbocycles. The highest BCUT2D eigenvalue weighted by atomic mass is 16.5. The molecule has 0 bridgehead atoms. The molecular weight excluding hydrogens is 264 g/mol. The molecule has 1 amide bonds. The zero-order valence-corrected chi connectivity index (χ0v) is 13.1. The zero-order valence-electron chi connectivity index (χ0n) is 13.1. The van der Waals surface area contributed by atoms with Crippen molar-refractivity contribution in [2.45, 2.75) is 33.1 Å². The molecule has 1 atom stereocenters. The summed E-state index contributed by atoms with van der Waals surface area (Å²) in [7, 11) is 0. The van der Waals surface area contributed by atoms with Gasteiger partial charge < -0.3 is 15.4 Å². The number of carbonyl (C=O) groups is 1. The third kappa shape index (κ3) is 5.38. The summed E-state index contributed by atoms with van der Waals surface area (Å²) in [6.07, 6.45) is 2.82. The summed E-state index contributed by atoms with van der Waals surface area (Å²) in [5, 5.41) is 6.36. The number of piperidine rings is 1. The first kappa shape index (κ1) is 15.8. The number of hydrogen-bond acceptors (Lipinski definition) is 3. The summed E-state index contributed by atoms with van der Waals surface area (Å²) in [4.78, 5) is 11.8. The normalized spacial score (nSPS) is 18.3. The number of nitrogens with one attached hydrogen (secondary N) is 2. The highest BCUT2D eigenvalue weighted by Crippen LogP contribution is 2.19. The van der Waals surface area contributed by atoms with Gasteiger partial charge in [0, 0.05) is 6.54 Å². The maximum absolute atomic E-state index is 11.8. The second kappa shape index (κ2) is 8.03. The SMILES string of the molecule is Cc1ccc(C)c(OCCC(=O)NCC2CCCNC2)c1. The van der Waals surface area contributed by atoms with Crippen LogP contribution in [0.3, 0.4) is 0 Å². The minimum atomic E-state index is 0.0749. The average molecular weight is 290 g/mol. The number of carbonyl (C=O) groups excluding carboxylic acids is 1. The Balaban J connectivity index is 1.65. The summed E-state index contributed by atoms with van der Waals surface area (Å²) < 4.78 is 5.71. The largest absolute Gasteiger partial charge is 0.493 e. The maximum Gasteiger partial charge on any atom is 0.223 e. The third-order valence-corrected chi connectivity index (χ3v) is 3.92. The van der Waals surface area contributed by atoms with E-state index in [9.17, 15) is 4.79 Å². The van der Waals surface area contributed by atoms with Crippen LogP contribution in [-0.2, 0) is 4.79 Å². The van der Waals surface area contributed by atoms with E-state index in [1.165, 1.54) is 18.4 Å². The molecule has 1 aromatic rings. The molecule has 1 saturated heterocycles. The summed E-state index contributed by atoms with van der Waals surface area (Å²) in [5.41, 5.74) is 2.28. The van der Waals surface area contributed by atoms with Crippen LogP contribution >= 0.6 is 0 Å². The Kier molecular flexibility index (Phi) is 6.05. The smallest absolute Gasteiger partial charge is 0.223 e. The molecule has 1 heterocycles. The van der Waals surface area contributed by atoms with Crippen molar-refractivity contribution in [2.75, 3.05) is 26.2 Å². The number of amides is 1. The Labute approximate surface area is 127 Å². The highest BCUT2D eigenvalue weighted by molar-refractivity contribution is 5.76. The Morgan fingerprint density at radius 1 is 1.43 bits per heavy atom. The van der Waals surface area contributed by atoms with Gasteiger partial charge in [0.25, 0.3) is 0 Å². The molecule has 0 saturated carbocycles. The Hall–Kier alpha value is -1.55. The van der Waals surface area contributed by atoms with E-state index in [1.807, 2.05) is 26.0 Å². The van der Waals surface area contributed by atoms with Crippen molar-refractivity contribution in [1.82, 2.24) is 10.6 Å². The van der Waals surface area contributed by atoms with E-state index >= 15 is 0 Å². The van der Waals surface area contributed by atoms with Gasteiger partial charge in [0.05, 0.1) is 13.0 Å². The topological polar surface area (TPSA) is 50.4 Å². The van der Waals surface area contributed by atoms with Crippen molar-refractivity contribution < 1.29 is 9.53 Å². The molecule has 0 radical (unpaired) electrons. The van der Waals surface area contributed by atoms with E-state index in [4.69, 9.17) is 4.74 Å². The van der Waals surface area contributed by atoms with Crippen molar-refractivity contribution in [3.8, 4) is 5.75 Å². The minimum Gasteiger partial charge on any atom is -0.493 e. The molecule has 1 aromatic carbocycles. The van der Waals surface area contributed by atoms with E-state index in [1.54, 1.807) is 0 Å². The second-order valence-electron chi connectivity index (χ2n) is 5.88. The van der Waals surface area contributed by atoms with Crippen molar-refractivity contribution >= 4 is 5.91 Å². The van der Waals surface area contributed by atoms with E-state index in [2.05, 4.69) is 16.7 Å². The van der Waals surface area contributed by atoms with Crippen molar-refractivity contribution in [1.29, 1.82) is 0 Å². The van der Waals surface area contributed by atoms with Gasteiger partial charge in [0.2, 0.25) is 5.91 Å². The van der Waals surface area contributed by atoms with E-state index in [0.717, 1.165) is 30.9 Å². The van der Waals surface area contributed by atoms with Gasteiger partial charge in [-0.25, -0.2) is 0 Å². The molecular formula is C17H26N2O2. The number of hydrogen-bond donors (Lipinski definition) is 2. The lowest BCUT2D eigenvalue weighted by Crippen LogP contribution is -2.38. The lowest BCUT2D eigenvalue weighted by atomic mass is 10.00. The monoisotopic (exact) mass is 290 g/mol. The molecule has 1 unspecified atom stereocenters. The molecule has 0 aromatic heterocycles. The van der Waals surface area contributed by atoms with Gasteiger partial charge in [-0.05, 0) is 62.9 Å². The Morgan fingerprint density at radius 3 is 3.05 bits per heavy atom. The lowest BCUT2D eigenvalue weighted by molar-refractivity contribution is -0.121. The van der Waals surface area contributed by atoms with Crippen LogP contribution in [0.2, 0.25) is 0 Å². The first-order chi connectivity index (χ1) is 10.1. The number of ether oxygens (including phenoxy) is 1. The number of rotatable bonds is 6. The second-order valence-corrected chi connectivity index (χ2v) is 5.88.